The number of rotatable bonds is 6. The molecule has 9 nitrogen and oxygen atoms in total. The maximum Gasteiger partial charge on any atom is 0.417 e. The molecule has 0 aliphatic carbocycles. The van der Waals surface area contributed by atoms with Gasteiger partial charge in [0.2, 0.25) is 5.91 Å². The highest BCUT2D eigenvalue weighted by Crippen LogP contribution is 2.48. The number of nitrogens with two attached hydrogens (primary N) is 1. The van der Waals surface area contributed by atoms with E-state index < -0.39 is 52.2 Å². The lowest BCUT2D eigenvalue weighted by Gasteiger charge is -2.33. The van der Waals surface area contributed by atoms with Gasteiger partial charge in [0.15, 0.2) is 5.82 Å². The molecule has 2 aromatic carbocycles. The molecule has 5 heterocycles. The minimum absolute atomic E-state index is 0.0204. The van der Waals surface area contributed by atoms with Crippen molar-refractivity contribution in [1.29, 1.82) is 5.26 Å². The molecule has 0 unspecified atom stereocenters. The van der Waals surface area contributed by atoms with E-state index in [1.54, 1.807) is 16.8 Å². The van der Waals surface area contributed by atoms with Gasteiger partial charge in [-0.25, -0.2) is 13.2 Å². The number of anilines is 2. The third kappa shape index (κ3) is 5.36. The van der Waals surface area contributed by atoms with Crippen molar-refractivity contribution >= 4 is 49.1 Å². The maximum atomic E-state index is 17.1. The Morgan fingerprint density at radius 3 is 2.70 bits per heavy atom. The lowest BCUT2D eigenvalue weighted by molar-refractivity contribution is -0.137. The van der Waals surface area contributed by atoms with Gasteiger partial charge >= 0.3 is 12.2 Å². The molecule has 1 amide bonds. The number of nitriles is 1. The molecule has 4 aromatic rings. The highest BCUT2D eigenvalue weighted by Gasteiger charge is 2.49. The van der Waals surface area contributed by atoms with Crippen molar-refractivity contribution in [3.8, 4) is 23.2 Å². The van der Waals surface area contributed by atoms with Gasteiger partial charge in [-0.05, 0) is 50.4 Å². The summed E-state index contributed by atoms with van der Waals surface area (Å²) in [5.74, 6) is -2.43. The second kappa shape index (κ2) is 12.2. The molecule has 16 heteroatoms. The van der Waals surface area contributed by atoms with Crippen LogP contribution in [0.1, 0.15) is 50.7 Å². The molecule has 0 saturated carbocycles. The van der Waals surface area contributed by atoms with Gasteiger partial charge in [0.1, 0.15) is 41.0 Å². The number of nitrogen functional groups attached to an aromatic ring is 1. The first-order valence-electron chi connectivity index (χ1n) is 16.2. The van der Waals surface area contributed by atoms with Crippen molar-refractivity contribution in [1.82, 2.24) is 19.8 Å². The fourth-order valence-electron chi connectivity index (χ4n) is 8.21. The Bertz CT molecular complexity index is 2080. The Morgan fingerprint density at radius 1 is 1.26 bits per heavy atom. The van der Waals surface area contributed by atoms with Crippen LogP contribution in [0, 0.1) is 23.0 Å². The molecule has 7 rings (SSSR count). The van der Waals surface area contributed by atoms with Crippen molar-refractivity contribution in [2.75, 3.05) is 43.9 Å². The Kier molecular flexibility index (Phi) is 8.29. The molecule has 0 spiro atoms. The molecule has 0 bridgehead atoms. The lowest BCUT2D eigenvalue weighted by atomic mass is 9.92. The number of halogens is 6. The van der Waals surface area contributed by atoms with E-state index in [9.17, 15) is 32.0 Å². The smallest absolute Gasteiger partial charge is 0.417 e. The van der Waals surface area contributed by atoms with E-state index in [0.29, 0.717) is 37.3 Å². The van der Waals surface area contributed by atoms with Crippen LogP contribution in [0.15, 0.2) is 18.2 Å². The average molecular weight is 718 g/mol. The first-order valence-corrected chi connectivity index (χ1v) is 17.0. The van der Waals surface area contributed by atoms with Crippen molar-refractivity contribution in [3.05, 3.63) is 41.0 Å². The number of carbonyl (C=O) groups excluding carboxylic acids is 1. The van der Waals surface area contributed by atoms with E-state index in [1.165, 1.54) is 6.92 Å². The summed E-state index contributed by atoms with van der Waals surface area (Å²) in [4.78, 5) is 26.4. The second-order valence-electron chi connectivity index (χ2n) is 13.4. The molecule has 264 valence electrons. The molecule has 3 aliphatic rings. The van der Waals surface area contributed by atoms with E-state index in [2.05, 4.69) is 9.97 Å². The molecular formula is C34H33F6N7O2S. The molecule has 3 fully saturated rings. The van der Waals surface area contributed by atoms with E-state index in [-0.39, 0.29) is 75.0 Å². The number of alkyl halides is 4. The zero-order valence-electron chi connectivity index (χ0n) is 27.4. The number of fused-ring (bicyclic) bond motifs is 3. The standard InChI is InChI=1S/C34H33F6N7O2S/c1-16-24(7-10-47(16)17(2)48)45(3)31-20-11-22(34(38,39)40)26(19-5-6-23(36)29-25(19)21(13-41)30(42)50-29)27(37)28(20)43-32(44-31)49-15-33-8-4-9-46(33)14-18(35)12-33/h5-6,11,16,18,24H,4,7-10,12,14-15,42H2,1-3H3/t16-,18+,24+,33-/m0/s1. The van der Waals surface area contributed by atoms with Crippen molar-refractivity contribution < 1.29 is 35.9 Å². The topological polar surface area (TPSA) is 112 Å². The van der Waals surface area contributed by atoms with E-state index in [0.717, 1.165) is 24.6 Å². The summed E-state index contributed by atoms with van der Waals surface area (Å²) in [5.41, 5.74) is 1.86. The molecule has 4 atom stereocenters. The normalized spacial score (nSPS) is 23.9. The highest BCUT2D eigenvalue weighted by atomic mass is 32.1. The van der Waals surface area contributed by atoms with Gasteiger partial charge in [-0.3, -0.25) is 9.69 Å². The number of aromatic nitrogens is 2. The van der Waals surface area contributed by atoms with Crippen molar-refractivity contribution in [2.45, 2.75) is 69.5 Å². The van der Waals surface area contributed by atoms with E-state index in [1.807, 2.05) is 17.9 Å². The summed E-state index contributed by atoms with van der Waals surface area (Å²) in [6.07, 6.45) is -3.99. The van der Waals surface area contributed by atoms with Crippen LogP contribution in [0.2, 0.25) is 0 Å². The van der Waals surface area contributed by atoms with Gasteiger partial charge in [0, 0.05) is 55.9 Å². The number of nitrogens with zero attached hydrogens (tertiary/aromatic N) is 6. The van der Waals surface area contributed by atoms with Crippen LogP contribution in [0.3, 0.4) is 0 Å². The number of hydrogen-bond donors (Lipinski definition) is 1. The van der Waals surface area contributed by atoms with Crippen LogP contribution in [0.4, 0.5) is 37.2 Å². The van der Waals surface area contributed by atoms with Gasteiger partial charge in [0.05, 0.1) is 27.4 Å². The monoisotopic (exact) mass is 717 g/mol. The summed E-state index contributed by atoms with van der Waals surface area (Å²) in [7, 11) is 1.61. The number of carbonyl (C=O) groups is 1. The van der Waals surface area contributed by atoms with Gasteiger partial charge in [-0.2, -0.15) is 28.4 Å². The maximum absolute atomic E-state index is 17.1. The van der Waals surface area contributed by atoms with E-state index in [4.69, 9.17) is 10.5 Å². The SMILES string of the molecule is CC(=O)N1CC[C@@H](N(C)c2nc(OC[C@@]34CCCN3C[C@H](F)C4)nc3c(F)c(-c4ccc(F)c5sc(N)c(C#N)c45)c(C(F)(F)F)cc23)[C@@H]1C. The van der Waals surface area contributed by atoms with Gasteiger partial charge in [-0.1, -0.05) is 6.07 Å². The van der Waals surface area contributed by atoms with Gasteiger partial charge in [0.25, 0.3) is 0 Å². The minimum atomic E-state index is -5.12. The number of likely N-dealkylation sites (tertiary alicyclic amines) is 1. The van der Waals surface area contributed by atoms with Crippen LogP contribution in [-0.4, -0.2) is 82.8 Å². The molecule has 3 saturated heterocycles. The molecule has 2 N–H and O–H groups in total. The number of hydrogen-bond acceptors (Lipinski definition) is 9. The molecule has 50 heavy (non-hydrogen) atoms. The number of amides is 1. The molecule has 2 aromatic heterocycles. The van der Waals surface area contributed by atoms with Crippen LogP contribution in [0.5, 0.6) is 6.01 Å². The highest BCUT2D eigenvalue weighted by molar-refractivity contribution is 7.23. The summed E-state index contributed by atoms with van der Waals surface area (Å²) in [6.45, 7) is 4.57. The molecule has 3 aliphatic heterocycles. The summed E-state index contributed by atoms with van der Waals surface area (Å²) in [6, 6.07) is 3.39. The first-order chi connectivity index (χ1) is 23.6. The first kappa shape index (κ1) is 34.1. The van der Waals surface area contributed by atoms with Crippen LogP contribution >= 0.6 is 11.3 Å². The summed E-state index contributed by atoms with van der Waals surface area (Å²) in [5, 5.41) is 9.19. The second-order valence-corrected chi connectivity index (χ2v) is 14.4. The third-order valence-corrected chi connectivity index (χ3v) is 11.6. The Balaban J connectivity index is 1.45. The molecular weight excluding hydrogens is 684 g/mol. The van der Waals surface area contributed by atoms with Crippen LogP contribution < -0.4 is 15.4 Å². The zero-order valence-corrected chi connectivity index (χ0v) is 28.2. The van der Waals surface area contributed by atoms with Crippen molar-refractivity contribution in [3.63, 3.8) is 0 Å². The van der Waals surface area contributed by atoms with Crippen LogP contribution in [0.25, 0.3) is 32.1 Å². The van der Waals surface area contributed by atoms with E-state index >= 15 is 4.39 Å². The van der Waals surface area contributed by atoms with Gasteiger partial charge in [-0.15, -0.1) is 11.3 Å². The Morgan fingerprint density at radius 2 is 2.02 bits per heavy atom. The van der Waals surface area contributed by atoms with Crippen LogP contribution in [-0.2, 0) is 11.0 Å². The predicted octanol–water partition coefficient (Wildman–Crippen LogP) is 6.66. The van der Waals surface area contributed by atoms with Gasteiger partial charge < -0.3 is 20.3 Å². The quantitative estimate of drug-likeness (QED) is 0.221. The minimum Gasteiger partial charge on any atom is -0.461 e. The number of likely N-dealkylation sites (N-methyl/N-ethyl adjacent to an activating group) is 1. The Labute approximate surface area is 287 Å². The van der Waals surface area contributed by atoms with Crippen molar-refractivity contribution in [2.24, 2.45) is 0 Å². The zero-order chi connectivity index (χ0) is 35.9. The Hall–Kier alpha value is -4.36. The number of ether oxygens (including phenoxy) is 1. The predicted molar refractivity (Wildman–Crippen MR) is 177 cm³/mol. The lowest BCUT2D eigenvalue weighted by Crippen LogP contribution is -2.44. The summed E-state index contributed by atoms with van der Waals surface area (Å²) >= 11 is 0.678. The molecule has 0 radical (unpaired) electrons. The number of benzene rings is 2. The fourth-order valence-corrected chi connectivity index (χ4v) is 9.16. The number of thiophene rings is 1. The summed E-state index contributed by atoms with van der Waals surface area (Å²) < 4.78 is 97.4. The largest absolute Gasteiger partial charge is 0.461 e. The third-order valence-electron chi connectivity index (χ3n) is 10.6. The average Bonchev–Trinajstić information content (AvgIpc) is 3.80. The fraction of sp³-hybridized carbons (Fsp3) is 0.471.